The molecule has 0 radical (unpaired) electrons. The molecule has 2 aromatic carbocycles. The smallest absolute Gasteiger partial charge is 0.267 e. The van der Waals surface area contributed by atoms with Crippen LogP contribution in [-0.2, 0) is 21.7 Å². The molecule has 0 fully saturated rings. The Balaban J connectivity index is 1.91. The van der Waals surface area contributed by atoms with Crippen LogP contribution in [0.1, 0.15) is 17.5 Å². The molecule has 0 saturated heterocycles. The molecule has 2 aliphatic rings. The van der Waals surface area contributed by atoms with Crippen molar-refractivity contribution in [1.82, 2.24) is 0 Å². The highest BCUT2D eigenvalue weighted by molar-refractivity contribution is 6.08. The summed E-state index contributed by atoms with van der Waals surface area (Å²) in [6, 6.07) is 21.1. The standard InChI is InChI=1S/C22H17N3O2/c23-15-21(16-24)12-6-7-13-27-22(21)18-10-4-5-11-19(18)25(20(22)26)14-17-8-2-1-3-9-17/h1-11H,12-14H2/t22-/m1/s1. The fraction of sp³-hybridized carbons (Fsp3) is 0.227. The fourth-order valence-electron chi connectivity index (χ4n) is 3.94. The Bertz CT molecular complexity index is 986. The Morgan fingerprint density at radius 3 is 2.44 bits per heavy atom. The third-order valence-corrected chi connectivity index (χ3v) is 5.27. The minimum atomic E-state index is -1.63. The number of allylic oxidation sites excluding steroid dienone is 1. The molecule has 1 spiro atoms. The maximum Gasteiger partial charge on any atom is 0.267 e. The summed E-state index contributed by atoms with van der Waals surface area (Å²) in [7, 11) is 0. The van der Waals surface area contributed by atoms with E-state index in [1.807, 2.05) is 42.5 Å². The minimum Gasteiger partial charge on any atom is -0.354 e. The van der Waals surface area contributed by atoms with Gasteiger partial charge in [0.05, 0.1) is 31.0 Å². The first-order chi connectivity index (χ1) is 13.2. The summed E-state index contributed by atoms with van der Waals surface area (Å²) < 4.78 is 6.03. The Labute approximate surface area is 157 Å². The molecular weight excluding hydrogens is 338 g/mol. The van der Waals surface area contributed by atoms with Crippen LogP contribution < -0.4 is 4.90 Å². The van der Waals surface area contributed by atoms with Crippen molar-refractivity contribution in [3.8, 4) is 12.1 Å². The van der Waals surface area contributed by atoms with Crippen LogP contribution in [0.15, 0.2) is 66.7 Å². The van der Waals surface area contributed by atoms with Crippen molar-refractivity contribution in [1.29, 1.82) is 10.5 Å². The number of anilines is 1. The lowest BCUT2D eigenvalue weighted by Crippen LogP contribution is -2.53. The van der Waals surface area contributed by atoms with Gasteiger partial charge in [-0.05, 0) is 11.6 Å². The first-order valence-corrected chi connectivity index (χ1v) is 8.75. The highest BCUT2D eigenvalue weighted by Gasteiger charge is 2.66. The summed E-state index contributed by atoms with van der Waals surface area (Å²) in [6.45, 7) is 0.520. The van der Waals surface area contributed by atoms with E-state index >= 15 is 0 Å². The molecule has 1 atom stereocenters. The molecule has 2 heterocycles. The van der Waals surface area contributed by atoms with Gasteiger partial charge in [-0.3, -0.25) is 4.79 Å². The van der Waals surface area contributed by atoms with Crippen molar-refractivity contribution in [2.24, 2.45) is 5.41 Å². The van der Waals surface area contributed by atoms with Crippen LogP contribution >= 0.6 is 0 Å². The third-order valence-electron chi connectivity index (χ3n) is 5.27. The van der Waals surface area contributed by atoms with Crippen molar-refractivity contribution < 1.29 is 9.53 Å². The van der Waals surface area contributed by atoms with Crippen LogP contribution in [0.5, 0.6) is 0 Å². The summed E-state index contributed by atoms with van der Waals surface area (Å²) in [6.07, 6.45) is 3.64. The zero-order valence-electron chi connectivity index (χ0n) is 14.6. The van der Waals surface area contributed by atoms with Gasteiger partial charge in [0, 0.05) is 12.0 Å². The van der Waals surface area contributed by atoms with Crippen LogP contribution in [0.2, 0.25) is 0 Å². The summed E-state index contributed by atoms with van der Waals surface area (Å²) in [5.41, 5.74) is -1.03. The molecule has 0 N–H and O–H groups in total. The average Bonchev–Trinajstić information content (AvgIpc) is 2.86. The van der Waals surface area contributed by atoms with Crippen molar-refractivity contribution in [3.63, 3.8) is 0 Å². The number of ether oxygens (including phenoxy) is 1. The van der Waals surface area contributed by atoms with E-state index in [2.05, 4.69) is 12.1 Å². The number of nitriles is 2. The molecule has 2 aliphatic heterocycles. The zero-order valence-corrected chi connectivity index (χ0v) is 14.6. The van der Waals surface area contributed by atoms with Gasteiger partial charge in [0.15, 0.2) is 5.41 Å². The maximum absolute atomic E-state index is 13.7. The molecule has 0 aliphatic carbocycles. The second kappa shape index (κ2) is 6.39. The SMILES string of the molecule is N#CC1(C#N)CC=CCO[C@]12C(=O)N(Cc1ccccc1)c1ccccc12. The van der Waals surface area contributed by atoms with E-state index in [-0.39, 0.29) is 18.9 Å². The van der Waals surface area contributed by atoms with Gasteiger partial charge < -0.3 is 9.64 Å². The topological polar surface area (TPSA) is 77.1 Å². The normalized spacial score (nSPS) is 22.7. The lowest BCUT2D eigenvalue weighted by Gasteiger charge is -2.36. The molecule has 1 amide bonds. The number of hydrogen-bond donors (Lipinski definition) is 0. The molecule has 0 unspecified atom stereocenters. The molecule has 132 valence electrons. The highest BCUT2D eigenvalue weighted by Crippen LogP contribution is 2.55. The van der Waals surface area contributed by atoms with E-state index in [1.54, 1.807) is 29.2 Å². The van der Waals surface area contributed by atoms with Gasteiger partial charge in [0.25, 0.3) is 5.91 Å². The first-order valence-electron chi connectivity index (χ1n) is 8.75. The van der Waals surface area contributed by atoms with Crippen LogP contribution in [0, 0.1) is 28.1 Å². The number of para-hydroxylation sites is 1. The summed E-state index contributed by atoms with van der Waals surface area (Å²) in [5, 5.41) is 19.9. The van der Waals surface area contributed by atoms with E-state index < -0.39 is 11.0 Å². The number of amides is 1. The van der Waals surface area contributed by atoms with Gasteiger partial charge in [-0.2, -0.15) is 10.5 Å². The molecule has 0 aromatic heterocycles. The Hall–Kier alpha value is -3.41. The van der Waals surface area contributed by atoms with Gasteiger partial charge >= 0.3 is 0 Å². The van der Waals surface area contributed by atoms with Crippen molar-refractivity contribution >= 4 is 11.6 Å². The third kappa shape index (κ3) is 2.30. The monoisotopic (exact) mass is 355 g/mol. The van der Waals surface area contributed by atoms with Gasteiger partial charge in [0.2, 0.25) is 5.60 Å². The molecule has 5 nitrogen and oxygen atoms in total. The number of carbonyl (C=O) groups is 1. The lowest BCUT2D eigenvalue weighted by atomic mass is 9.68. The predicted octanol–water partition coefficient (Wildman–Crippen LogP) is 3.44. The van der Waals surface area contributed by atoms with Crippen molar-refractivity contribution in [2.45, 2.75) is 18.6 Å². The number of nitrogens with zero attached hydrogens (tertiary/aromatic N) is 3. The van der Waals surface area contributed by atoms with E-state index in [1.165, 1.54) is 0 Å². The Morgan fingerprint density at radius 2 is 1.70 bits per heavy atom. The van der Waals surface area contributed by atoms with Gasteiger partial charge in [-0.1, -0.05) is 60.7 Å². The second-order valence-corrected chi connectivity index (χ2v) is 6.69. The molecular formula is C22H17N3O2. The summed E-state index contributed by atoms with van der Waals surface area (Å²) in [5.74, 6) is -0.362. The van der Waals surface area contributed by atoms with E-state index in [0.29, 0.717) is 17.8 Å². The number of hydrogen-bond acceptors (Lipinski definition) is 4. The quantitative estimate of drug-likeness (QED) is 0.773. The first kappa shape index (κ1) is 17.0. The zero-order chi connectivity index (χ0) is 18.9. The van der Waals surface area contributed by atoms with Crippen LogP contribution in [-0.4, -0.2) is 12.5 Å². The van der Waals surface area contributed by atoms with Crippen LogP contribution in [0.4, 0.5) is 5.69 Å². The Kier molecular flexibility index (Phi) is 4.03. The molecule has 27 heavy (non-hydrogen) atoms. The van der Waals surface area contributed by atoms with Crippen LogP contribution in [0.25, 0.3) is 0 Å². The highest BCUT2D eigenvalue weighted by atomic mass is 16.5. The number of fused-ring (bicyclic) bond motifs is 2. The molecule has 5 heteroatoms. The number of carbonyl (C=O) groups excluding carboxylic acids is 1. The molecule has 4 rings (SSSR count). The maximum atomic E-state index is 13.7. The van der Waals surface area contributed by atoms with Crippen LogP contribution in [0.3, 0.4) is 0 Å². The minimum absolute atomic E-state index is 0.138. The number of benzene rings is 2. The average molecular weight is 355 g/mol. The largest absolute Gasteiger partial charge is 0.354 e. The van der Waals surface area contributed by atoms with Crippen molar-refractivity contribution in [3.05, 3.63) is 77.9 Å². The van der Waals surface area contributed by atoms with Gasteiger partial charge in [-0.15, -0.1) is 0 Å². The fourth-order valence-corrected chi connectivity index (χ4v) is 3.94. The van der Waals surface area contributed by atoms with Gasteiger partial charge in [0.1, 0.15) is 0 Å². The number of rotatable bonds is 2. The van der Waals surface area contributed by atoms with E-state index in [9.17, 15) is 15.3 Å². The molecule has 2 aromatic rings. The predicted molar refractivity (Wildman–Crippen MR) is 99.1 cm³/mol. The summed E-state index contributed by atoms with van der Waals surface area (Å²) >= 11 is 0. The van der Waals surface area contributed by atoms with E-state index in [0.717, 1.165) is 5.56 Å². The van der Waals surface area contributed by atoms with Gasteiger partial charge in [-0.25, -0.2) is 0 Å². The van der Waals surface area contributed by atoms with Crippen molar-refractivity contribution in [2.75, 3.05) is 11.5 Å². The van der Waals surface area contributed by atoms with E-state index in [4.69, 9.17) is 4.74 Å². The molecule has 0 saturated carbocycles. The summed E-state index contributed by atoms with van der Waals surface area (Å²) in [4.78, 5) is 15.3. The second-order valence-electron chi connectivity index (χ2n) is 6.69. The Morgan fingerprint density at radius 1 is 1.00 bits per heavy atom. The molecule has 0 bridgehead atoms. The lowest BCUT2D eigenvalue weighted by molar-refractivity contribution is -0.152.